The summed E-state index contributed by atoms with van der Waals surface area (Å²) in [6, 6.07) is 6.80. The van der Waals surface area contributed by atoms with Crippen LogP contribution in [0, 0.1) is 23.7 Å². The predicted octanol–water partition coefficient (Wildman–Crippen LogP) is 7.11. The van der Waals surface area contributed by atoms with Gasteiger partial charge in [-0.3, -0.25) is 0 Å². The molecule has 0 amide bonds. The van der Waals surface area contributed by atoms with Gasteiger partial charge in [-0.25, -0.2) is 0 Å². The van der Waals surface area contributed by atoms with Crippen molar-refractivity contribution in [3.05, 3.63) is 29.3 Å². The van der Waals surface area contributed by atoms with Crippen LogP contribution < -0.4 is 0 Å². The Morgan fingerprint density at radius 1 is 0.889 bits per heavy atom. The number of aromatic hydroxyl groups is 1. The van der Waals surface area contributed by atoms with E-state index in [4.69, 9.17) is 0 Å². The van der Waals surface area contributed by atoms with Crippen molar-refractivity contribution in [2.24, 2.45) is 23.7 Å². The molecule has 4 saturated carbocycles. The van der Waals surface area contributed by atoms with Gasteiger partial charge in [0.25, 0.3) is 0 Å². The van der Waals surface area contributed by atoms with Crippen LogP contribution in [-0.2, 0) is 10.8 Å². The molecule has 1 nitrogen and oxygen atoms in total. The maximum absolute atomic E-state index is 10.9. The molecule has 1 aromatic rings. The summed E-state index contributed by atoms with van der Waals surface area (Å²) in [5, 5.41) is 10.9. The van der Waals surface area contributed by atoms with Crippen molar-refractivity contribution in [1.29, 1.82) is 0 Å². The Morgan fingerprint density at radius 2 is 1.59 bits per heavy atom. The van der Waals surface area contributed by atoms with Crippen LogP contribution in [0.15, 0.2) is 18.2 Å². The predicted molar refractivity (Wildman–Crippen MR) is 112 cm³/mol. The van der Waals surface area contributed by atoms with Crippen molar-refractivity contribution in [2.75, 3.05) is 0 Å². The summed E-state index contributed by atoms with van der Waals surface area (Å²) < 4.78 is 0. The average molecular weight is 367 g/mol. The lowest BCUT2D eigenvalue weighted by molar-refractivity contribution is 0.107. The lowest BCUT2D eigenvalue weighted by atomic mass is 9.55. The van der Waals surface area contributed by atoms with Gasteiger partial charge in [-0.1, -0.05) is 58.1 Å². The quantitative estimate of drug-likeness (QED) is 0.591. The van der Waals surface area contributed by atoms with E-state index in [1.165, 1.54) is 88.2 Å². The third kappa shape index (κ3) is 3.14. The molecule has 4 aliphatic rings. The molecular weight excluding hydrogens is 328 g/mol. The summed E-state index contributed by atoms with van der Waals surface area (Å²) in [6.07, 6.45) is 16.6. The summed E-state index contributed by atoms with van der Waals surface area (Å²) in [4.78, 5) is 0. The fourth-order valence-corrected chi connectivity index (χ4v) is 8.25. The van der Waals surface area contributed by atoms with Crippen molar-refractivity contribution >= 4 is 0 Å². The molecule has 0 spiro atoms. The molecule has 1 N–H and O–H groups in total. The van der Waals surface area contributed by atoms with Gasteiger partial charge in [-0.15, -0.1) is 0 Å². The second kappa shape index (κ2) is 6.53. The van der Waals surface area contributed by atoms with Crippen molar-refractivity contribution in [3.8, 4) is 5.75 Å². The van der Waals surface area contributed by atoms with E-state index in [1.54, 1.807) is 0 Å². The number of hydrogen-bond acceptors (Lipinski definition) is 1. The second-order valence-electron chi connectivity index (χ2n) is 11.4. The van der Waals surface area contributed by atoms with Gasteiger partial charge in [0.05, 0.1) is 0 Å². The Balaban J connectivity index is 1.51. The lowest BCUT2D eigenvalue weighted by Crippen LogP contribution is -2.40. The zero-order valence-corrected chi connectivity index (χ0v) is 17.5. The van der Waals surface area contributed by atoms with Crippen molar-refractivity contribution < 1.29 is 5.11 Å². The Morgan fingerprint density at radius 3 is 2.37 bits per heavy atom. The molecule has 1 aromatic carbocycles. The zero-order chi connectivity index (χ0) is 18.6. The molecule has 4 bridgehead atoms. The van der Waals surface area contributed by atoms with Crippen LogP contribution in [0.3, 0.4) is 0 Å². The molecule has 0 heterocycles. The third-order valence-corrected chi connectivity index (χ3v) is 9.06. The highest BCUT2D eigenvalue weighted by Gasteiger charge is 2.45. The minimum atomic E-state index is 0.252. The smallest absolute Gasteiger partial charge is 0.119 e. The highest BCUT2D eigenvalue weighted by atomic mass is 16.3. The monoisotopic (exact) mass is 366 g/mol. The van der Waals surface area contributed by atoms with E-state index in [2.05, 4.69) is 32.0 Å². The van der Waals surface area contributed by atoms with E-state index in [1.807, 2.05) is 0 Å². The van der Waals surface area contributed by atoms with E-state index in [0.717, 1.165) is 23.7 Å². The van der Waals surface area contributed by atoms with Crippen LogP contribution >= 0.6 is 0 Å². The maximum atomic E-state index is 10.9. The Kier molecular flexibility index (Phi) is 4.37. The van der Waals surface area contributed by atoms with Crippen molar-refractivity contribution in [1.82, 2.24) is 0 Å². The van der Waals surface area contributed by atoms with Gasteiger partial charge < -0.3 is 5.11 Å². The number of benzene rings is 1. The first-order valence-corrected chi connectivity index (χ1v) is 11.8. The highest BCUT2D eigenvalue weighted by molar-refractivity contribution is 5.45. The molecule has 5 unspecified atom stereocenters. The van der Waals surface area contributed by atoms with E-state index >= 15 is 0 Å². The Hall–Kier alpha value is -0.980. The first-order valence-electron chi connectivity index (χ1n) is 11.8. The maximum Gasteiger partial charge on any atom is 0.119 e. The van der Waals surface area contributed by atoms with E-state index < -0.39 is 0 Å². The van der Waals surface area contributed by atoms with Crippen LogP contribution in [0.4, 0.5) is 0 Å². The summed E-state index contributed by atoms with van der Waals surface area (Å²) >= 11 is 0. The van der Waals surface area contributed by atoms with E-state index in [-0.39, 0.29) is 5.41 Å². The summed E-state index contributed by atoms with van der Waals surface area (Å²) in [5.41, 5.74) is 3.41. The van der Waals surface area contributed by atoms with Crippen LogP contribution in [-0.4, -0.2) is 5.11 Å². The summed E-state index contributed by atoms with van der Waals surface area (Å²) in [7, 11) is 0. The number of hydrogen-bond donors (Lipinski definition) is 1. The molecule has 4 aliphatic carbocycles. The van der Waals surface area contributed by atoms with Crippen LogP contribution in [0.1, 0.15) is 102 Å². The molecule has 1 heteroatoms. The topological polar surface area (TPSA) is 20.2 Å². The van der Waals surface area contributed by atoms with Gasteiger partial charge >= 0.3 is 0 Å². The minimum Gasteiger partial charge on any atom is -0.508 e. The first kappa shape index (κ1) is 18.1. The lowest BCUT2D eigenvalue weighted by Gasteiger charge is -2.49. The molecule has 0 aromatic heterocycles. The second-order valence-corrected chi connectivity index (χ2v) is 11.4. The van der Waals surface area contributed by atoms with Gasteiger partial charge in [-0.2, -0.15) is 0 Å². The fraction of sp³-hybridized carbons (Fsp3) is 0.769. The Bertz CT molecular complexity index is 690. The first-order chi connectivity index (χ1) is 13.0. The highest BCUT2D eigenvalue weighted by Crippen LogP contribution is 2.56. The fourth-order valence-electron chi connectivity index (χ4n) is 8.25. The zero-order valence-electron chi connectivity index (χ0n) is 17.5. The van der Waals surface area contributed by atoms with Gasteiger partial charge in [0.15, 0.2) is 0 Å². The molecule has 27 heavy (non-hydrogen) atoms. The minimum absolute atomic E-state index is 0.252. The molecule has 0 saturated heterocycles. The molecule has 0 aliphatic heterocycles. The van der Waals surface area contributed by atoms with Gasteiger partial charge in [0.2, 0.25) is 0 Å². The number of fused-ring (bicyclic) bond motifs is 4. The standard InChI is InChI=1S/C26H38O/c1-18-11-19-7-4-10-26(14-18,17-19)23-13-22(8-9-24(23)27)25(2)15-20-5-3-6-21(12-20)16-25/h8-9,13,18-21,27H,3-7,10-12,14-17H2,1-2H3. The normalized spacial score (nSPS) is 44.1. The SMILES string of the molecule is CC1CC2CCCC(c3cc(C4(C)CC5CCCC(C5)C4)ccc3O)(C1)C2. The average Bonchev–Trinajstić information content (AvgIpc) is 2.61. The van der Waals surface area contributed by atoms with E-state index in [0.29, 0.717) is 11.2 Å². The van der Waals surface area contributed by atoms with Gasteiger partial charge in [0, 0.05) is 5.56 Å². The number of phenolic OH excluding ortho intramolecular Hbond substituents is 1. The molecule has 148 valence electrons. The van der Waals surface area contributed by atoms with Crippen molar-refractivity contribution in [3.63, 3.8) is 0 Å². The summed E-state index contributed by atoms with van der Waals surface area (Å²) in [6.45, 7) is 4.97. The van der Waals surface area contributed by atoms with Crippen molar-refractivity contribution in [2.45, 2.75) is 102 Å². The van der Waals surface area contributed by atoms with Crippen LogP contribution in [0.5, 0.6) is 5.75 Å². The molecule has 4 fully saturated rings. The molecule has 0 radical (unpaired) electrons. The Labute approximate surface area is 166 Å². The number of phenols is 1. The van der Waals surface area contributed by atoms with Crippen LogP contribution in [0.25, 0.3) is 0 Å². The van der Waals surface area contributed by atoms with E-state index in [9.17, 15) is 5.11 Å². The number of rotatable bonds is 2. The van der Waals surface area contributed by atoms with Gasteiger partial charge in [-0.05, 0) is 91.1 Å². The third-order valence-electron chi connectivity index (χ3n) is 9.06. The molecular formula is C26H38O. The largest absolute Gasteiger partial charge is 0.508 e. The molecule has 5 atom stereocenters. The summed E-state index contributed by atoms with van der Waals surface area (Å²) in [5.74, 6) is 4.14. The van der Waals surface area contributed by atoms with Crippen LogP contribution in [0.2, 0.25) is 0 Å². The molecule has 5 rings (SSSR count). The van der Waals surface area contributed by atoms with Gasteiger partial charge in [0.1, 0.15) is 5.75 Å².